The first-order valence-electron chi connectivity index (χ1n) is 9.06. The Kier molecular flexibility index (Phi) is 3.52. The molecule has 0 aliphatic carbocycles. The fraction of sp³-hybridized carbons (Fsp3) is 0.182. The lowest BCUT2D eigenvalue weighted by Crippen LogP contribution is -2.14. The molecule has 0 amide bonds. The van der Waals surface area contributed by atoms with Gasteiger partial charge in [0.2, 0.25) is 0 Å². The van der Waals surface area contributed by atoms with Gasteiger partial charge in [0.25, 0.3) is 5.56 Å². The van der Waals surface area contributed by atoms with E-state index in [2.05, 4.69) is 25.2 Å². The van der Waals surface area contributed by atoms with Crippen LogP contribution >= 0.6 is 11.6 Å². The molecule has 0 aliphatic heterocycles. The van der Waals surface area contributed by atoms with Crippen LogP contribution in [0.25, 0.3) is 38.2 Å². The van der Waals surface area contributed by atoms with Crippen LogP contribution in [-0.4, -0.2) is 15.9 Å². The van der Waals surface area contributed by atoms with Crippen LogP contribution in [0.15, 0.2) is 53.3 Å². The van der Waals surface area contributed by atoms with Crippen molar-refractivity contribution < 1.29 is 0 Å². The molecule has 0 aliphatic rings. The van der Waals surface area contributed by atoms with Crippen molar-refractivity contribution in [2.75, 3.05) is 11.9 Å². The Bertz CT molecular complexity index is 1390. The summed E-state index contributed by atoms with van der Waals surface area (Å²) in [5.41, 5.74) is 3.09. The smallest absolute Gasteiger partial charge is 0.264 e. The van der Waals surface area contributed by atoms with Crippen molar-refractivity contribution in [3.8, 4) is 0 Å². The number of nitrogens with one attached hydrogen (secondary N) is 1. The average Bonchev–Trinajstić information content (AvgIpc) is 3.03. The fourth-order valence-corrected chi connectivity index (χ4v) is 3.93. The number of aromatic nitrogens is 2. The average molecular weight is 376 g/mol. The zero-order chi connectivity index (χ0) is 18.7. The predicted molar refractivity (Wildman–Crippen MR) is 114 cm³/mol. The summed E-state index contributed by atoms with van der Waals surface area (Å²) in [5, 5.41) is 7.71. The van der Waals surface area contributed by atoms with Gasteiger partial charge in [0.15, 0.2) is 0 Å². The number of nitrogens with zero attached hydrogens (tertiary/aromatic N) is 2. The van der Waals surface area contributed by atoms with Crippen molar-refractivity contribution >= 4 is 55.5 Å². The number of halogens is 1. The highest BCUT2D eigenvalue weighted by Gasteiger charge is 2.17. The lowest BCUT2D eigenvalue weighted by atomic mass is 10.0. The first-order chi connectivity index (χ1) is 13.0. The standard InChI is InChI=1S/C22H18ClN3O/c1-12(2)11-24-15-8-13-4-3-5-16-20(13)17(10-15)22(27)26-19-9-14(23)6-7-18(19)25-21(16)26/h3-10,12,24H,11H2,1-2H3. The van der Waals surface area contributed by atoms with Crippen molar-refractivity contribution in [3.63, 3.8) is 0 Å². The number of fused-ring (bicyclic) bond motifs is 4. The second-order valence-electron chi connectivity index (χ2n) is 7.41. The van der Waals surface area contributed by atoms with E-state index < -0.39 is 0 Å². The number of hydrogen-bond donors (Lipinski definition) is 1. The quantitative estimate of drug-likeness (QED) is 0.464. The molecule has 0 radical (unpaired) electrons. The zero-order valence-corrected chi connectivity index (χ0v) is 15.8. The van der Waals surface area contributed by atoms with Gasteiger partial charge in [-0.1, -0.05) is 43.6 Å². The van der Waals surface area contributed by atoms with E-state index in [-0.39, 0.29) is 5.56 Å². The highest BCUT2D eigenvalue weighted by atomic mass is 35.5. The summed E-state index contributed by atoms with van der Waals surface area (Å²) in [5.74, 6) is 0.519. The fourth-order valence-electron chi connectivity index (χ4n) is 3.76. The van der Waals surface area contributed by atoms with Gasteiger partial charge in [-0.25, -0.2) is 4.98 Å². The minimum Gasteiger partial charge on any atom is -0.385 e. The number of benzene rings is 3. The molecule has 5 aromatic rings. The summed E-state index contributed by atoms with van der Waals surface area (Å²) in [7, 11) is 0. The van der Waals surface area contributed by atoms with E-state index in [0.29, 0.717) is 22.0 Å². The van der Waals surface area contributed by atoms with E-state index in [4.69, 9.17) is 16.6 Å². The molecule has 2 heterocycles. The van der Waals surface area contributed by atoms with E-state index >= 15 is 0 Å². The molecule has 27 heavy (non-hydrogen) atoms. The van der Waals surface area contributed by atoms with Crippen LogP contribution in [0.2, 0.25) is 5.02 Å². The molecule has 0 saturated carbocycles. The second kappa shape index (κ2) is 5.83. The Hall–Kier alpha value is -2.85. The minimum atomic E-state index is -0.0633. The van der Waals surface area contributed by atoms with Gasteiger partial charge < -0.3 is 5.32 Å². The number of hydrogen-bond acceptors (Lipinski definition) is 3. The Labute approximate surface area is 160 Å². The molecule has 5 rings (SSSR count). The molecule has 0 spiro atoms. The highest BCUT2D eigenvalue weighted by Crippen LogP contribution is 2.32. The van der Waals surface area contributed by atoms with Crippen LogP contribution in [0, 0.1) is 5.92 Å². The normalized spacial score (nSPS) is 12.1. The van der Waals surface area contributed by atoms with Crippen molar-refractivity contribution in [3.05, 3.63) is 63.9 Å². The van der Waals surface area contributed by atoms with Crippen LogP contribution in [-0.2, 0) is 0 Å². The Balaban J connectivity index is 1.94. The Morgan fingerprint density at radius 3 is 2.78 bits per heavy atom. The summed E-state index contributed by atoms with van der Waals surface area (Å²) in [6, 6.07) is 15.6. The molecule has 134 valence electrons. The van der Waals surface area contributed by atoms with Crippen LogP contribution in [0.5, 0.6) is 0 Å². The topological polar surface area (TPSA) is 46.4 Å². The van der Waals surface area contributed by atoms with Gasteiger partial charge in [0, 0.05) is 28.0 Å². The van der Waals surface area contributed by atoms with Gasteiger partial charge in [-0.3, -0.25) is 9.20 Å². The van der Waals surface area contributed by atoms with Gasteiger partial charge in [-0.2, -0.15) is 0 Å². The first kappa shape index (κ1) is 16.3. The number of imidazole rings is 1. The molecular formula is C22H18ClN3O. The first-order valence-corrected chi connectivity index (χ1v) is 9.44. The van der Waals surface area contributed by atoms with Crippen LogP contribution in [0.3, 0.4) is 0 Å². The molecule has 0 fully saturated rings. The number of rotatable bonds is 3. The molecular weight excluding hydrogens is 358 g/mol. The van der Waals surface area contributed by atoms with E-state index in [0.717, 1.165) is 39.4 Å². The molecule has 3 aromatic carbocycles. The molecule has 0 saturated heterocycles. The van der Waals surface area contributed by atoms with E-state index in [1.165, 1.54) is 0 Å². The Morgan fingerprint density at radius 1 is 1.11 bits per heavy atom. The zero-order valence-electron chi connectivity index (χ0n) is 15.1. The van der Waals surface area contributed by atoms with Crippen molar-refractivity contribution in [2.45, 2.75) is 13.8 Å². The van der Waals surface area contributed by atoms with Gasteiger partial charge in [-0.15, -0.1) is 0 Å². The molecule has 4 nitrogen and oxygen atoms in total. The molecule has 2 aromatic heterocycles. The van der Waals surface area contributed by atoms with Gasteiger partial charge in [0.1, 0.15) is 5.65 Å². The molecule has 0 bridgehead atoms. The maximum Gasteiger partial charge on any atom is 0.264 e. The molecule has 5 heteroatoms. The minimum absolute atomic E-state index is 0.0633. The third kappa shape index (κ3) is 2.44. The van der Waals surface area contributed by atoms with E-state index in [9.17, 15) is 4.79 Å². The number of anilines is 1. The van der Waals surface area contributed by atoms with Crippen molar-refractivity contribution in [2.24, 2.45) is 5.92 Å². The highest BCUT2D eigenvalue weighted by molar-refractivity contribution is 6.31. The summed E-state index contributed by atoms with van der Waals surface area (Å²) in [4.78, 5) is 18.1. The van der Waals surface area contributed by atoms with E-state index in [1.54, 1.807) is 16.5 Å². The predicted octanol–water partition coefficient (Wildman–Crippen LogP) is 5.31. The van der Waals surface area contributed by atoms with Crippen molar-refractivity contribution in [1.29, 1.82) is 0 Å². The van der Waals surface area contributed by atoms with Crippen molar-refractivity contribution in [1.82, 2.24) is 9.38 Å². The SMILES string of the molecule is CC(C)CNc1cc2cccc3c2c(c1)c(=O)n1c2cc(Cl)ccc2nc31. The van der Waals surface area contributed by atoms with Crippen LogP contribution in [0.4, 0.5) is 5.69 Å². The maximum absolute atomic E-state index is 13.4. The third-order valence-corrected chi connectivity index (χ3v) is 5.22. The van der Waals surface area contributed by atoms with Gasteiger partial charge in [-0.05, 0) is 41.6 Å². The van der Waals surface area contributed by atoms with Gasteiger partial charge in [0.05, 0.1) is 16.4 Å². The third-order valence-electron chi connectivity index (χ3n) is 4.98. The number of pyridine rings is 1. The summed E-state index contributed by atoms with van der Waals surface area (Å²) < 4.78 is 1.69. The lowest BCUT2D eigenvalue weighted by molar-refractivity contribution is 0.689. The van der Waals surface area contributed by atoms with Crippen LogP contribution in [0.1, 0.15) is 13.8 Å². The molecule has 0 unspecified atom stereocenters. The second-order valence-corrected chi connectivity index (χ2v) is 7.85. The largest absolute Gasteiger partial charge is 0.385 e. The summed E-state index contributed by atoms with van der Waals surface area (Å²) in [6.07, 6.45) is 0. The maximum atomic E-state index is 13.4. The molecule has 0 atom stereocenters. The lowest BCUT2D eigenvalue weighted by Gasteiger charge is -2.13. The monoisotopic (exact) mass is 375 g/mol. The summed E-state index contributed by atoms with van der Waals surface area (Å²) >= 11 is 6.18. The van der Waals surface area contributed by atoms with Gasteiger partial charge >= 0.3 is 0 Å². The summed E-state index contributed by atoms with van der Waals surface area (Å²) in [6.45, 7) is 5.18. The van der Waals surface area contributed by atoms with E-state index in [1.807, 2.05) is 30.3 Å². The molecule has 1 N–H and O–H groups in total. The van der Waals surface area contributed by atoms with Crippen LogP contribution < -0.4 is 10.9 Å². The Morgan fingerprint density at radius 2 is 1.96 bits per heavy atom.